The summed E-state index contributed by atoms with van der Waals surface area (Å²) in [7, 11) is 0. The van der Waals surface area contributed by atoms with Crippen molar-refractivity contribution in [1.82, 2.24) is 15.0 Å². The molecule has 0 unspecified atom stereocenters. The van der Waals surface area contributed by atoms with Gasteiger partial charge in [0.05, 0.1) is 15.5 Å². The van der Waals surface area contributed by atoms with Gasteiger partial charge in [-0.15, -0.1) is 0 Å². The number of halogens is 1. The maximum atomic E-state index is 13.0. The van der Waals surface area contributed by atoms with Gasteiger partial charge in [-0.1, -0.05) is 46.6 Å². The molecule has 0 aliphatic rings. The lowest BCUT2D eigenvalue weighted by atomic mass is 10.1. The van der Waals surface area contributed by atoms with Crippen LogP contribution in [0.1, 0.15) is 35.7 Å². The van der Waals surface area contributed by atoms with Crippen molar-refractivity contribution >= 4 is 23.2 Å². The molecule has 0 saturated heterocycles. The summed E-state index contributed by atoms with van der Waals surface area (Å²) >= 11 is 6.12. The van der Waals surface area contributed by atoms with Crippen molar-refractivity contribution in [3.05, 3.63) is 74.6 Å². The number of nitro groups is 1. The molecule has 1 aromatic heterocycles. The second-order valence-corrected chi connectivity index (χ2v) is 7.23. The van der Waals surface area contributed by atoms with E-state index in [-0.39, 0.29) is 34.8 Å². The van der Waals surface area contributed by atoms with E-state index in [2.05, 4.69) is 10.1 Å². The Kier molecular flexibility index (Phi) is 5.93. The van der Waals surface area contributed by atoms with E-state index in [4.69, 9.17) is 16.1 Å². The van der Waals surface area contributed by atoms with Crippen LogP contribution in [0.25, 0.3) is 11.4 Å². The van der Waals surface area contributed by atoms with Crippen LogP contribution in [0.3, 0.4) is 0 Å². The van der Waals surface area contributed by atoms with Crippen LogP contribution in [0, 0.1) is 17.0 Å². The highest BCUT2D eigenvalue weighted by atomic mass is 35.5. The molecule has 150 valence electrons. The number of hydrogen-bond donors (Lipinski definition) is 0. The molecule has 1 heterocycles. The third kappa shape index (κ3) is 4.60. The fourth-order valence-corrected chi connectivity index (χ4v) is 2.92. The highest BCUT2D eigenvalue weighted by molar-refractivity contribution is 6.33. The van der Waals surface area contributed by atoms with Crippen molar-refractivity contribution < 1.29 is 14.2 Å². The maximum Gasteiger partial charge on any atom is 0.270 e. The van der Waals surface area contributed by atoms with E-state index in [1.165, 1.54) is 23.1 Å². The minimum absolute atomic E-state index is 0.0489. The molecule has 0 fully saturated rings. The number of rotatable bonds is 6. The first-order chi connectivity index (χ1) is 13.8. The average Bonchev–Trinajstić information content (AvgIpc) is 3.15. The minimum Gasteiger partial charge on any atom is -0.337 e. The Morgan fingerprint density at radius 2 is 1.93 bits per heavy atom. The summed E-state index contributed by atoms with van der Waals surface area (Å²) in [5.41, 5.74) is 1.76. The molecule has 3 rings (SSSR count). The summed E-state index contributed by atoms with van der Waals surface area (Å²) < 4.78 is 5.31. The third-order valence-electron chi connectivity index (χ3n) is 4.36. The lowest BCUT2D eigenvalue weighted by Gasteiger charge is -2.25. The molecule has 29 heavy (non-hydrogen) atoms. The zero-order valence-corrected chi connectivity index (χ0v) is 16.9. The van der Waals surface area contributed by atoms with Crippen molar-refractivity contribution in [3.8, 4) is 11.4 Å². The Bertz CT molecular complexity index is 1050. The Labute approximate surface area is 172 Å². The van der Waals surface area contributed by atoms with Gasteiger partial charge < -0.3 is 9.42 Å². The Morgan fingerprint density at radius 3 is 2.55 bits per heavy atom. The number of aromatic nitrogens is 2. The maximum absolute atomic E-state index is 13.0. The standard InChI is InChI=1S/C20H19ClN4O4/c1-12(2)24(20(26)16-10-15(25(27)28)8-9-17(16)21)11-18-22-19(23-29-18)14-6-4-13(3)5-7-14/h4-10,12H,11H2,1-3H3. The monoisotopic (exact) mass is 414 g/mol. The van der Waals surface area contributed by atoms with Crippen LogP contribution in [-0.2, 0) is 6.54 Å². The lowest BCUT2D eigenvalue weighted by Crippen LogP contribution is -2.36. The highest BCUT2D eigenvalue weighted by Crippen LogP contribution is 2.25. The number of benzene rings is 2. The van der Waals surface area contributed by atoms with Gasteiger partial charge in [0, 0.05) is 23.7 Å². The Hall–Kier alpha value is -3.26. The molecular formula is C20H19ClN4O4. The third-order valence-corrected chi connectivity index (χ3v) is 4.69. The molecule has 0 bridgehead atoms. The van der Waals surface area contributed by atoms with E-state index in [0.717, 1.165) is 11.1 Å². The quantitative estimate of drug-likeness (QED) is 0.429. The minimum atomic E-state index is -0.571. The smallest absolute Gasteiger partial charge is 0.270 e. The van der Waals surface area contributed by atoms with Crippen molar-refractivity contribution in [2.45, 2.75) is 33.4 Å². The first-order valence-corrected chi connectivity index (χ1v) is 9.28. The van der Waals surface area contributed by atoms with E-state index < -0.39 is 10.8 Å². The molecule has 8 nitrogen and oxygen atoms in total. The molecule has 0 saturated carbocycles. The number of carbonyl (C=O) groups is 1. The van der Waals surface area contributed by atoms with Gasteiger partial charge in [0.2, 0.25) is 11.7 Å². The number of hydrogen-bond acceptors (Lipinski definition) is 6. The van der Waals surface area contributed by atoms with Crippen LogP contribution >= 0.6 is 11.6 Å². The van der Waals surface area contributed by atoms with E-state index in [1.54, 1.807) is 0 Å². The zero-order valence-electron chi connectivity index (χ0n) is 16.1. The van der Waals surface area contributed by atoms with E-state index >= 15 is 0 Å². The second-order valence-electron chi connectivity index (χ2n) is 6.83. The molecule has 2 aromatic carbocycles. The fraction of sp³-hybridized carbons (Fsp3) is 0.250. The van der Waals surface area contributed by atoms with E-state index in [0.29, 0.717) is 5.82 Å². The molecule has 0 spiro atoms. The van der Waals surface area contributed by atoms with Gasteiger partial charge in [-0.05, 0) is 26.8 Å². The summed E-state index contributed by atoms with van der Waals surface area (Å²) in [6, 6.07) is 11.2. The van der Waals surface area contributed by atoms with Crippen LogP contribution in [-0.4, -0.2) is 31.9 Å². The summed E-state index contributed by atoms with van der Waals surface area (Å²) in [5.74, 6) is 0.220. The fourth-order valence-electron chi connectivity index (χ4n) is 2.72. The van der Waals surface area contributed by atoms with Crippen LogP contribution in [0.5, 0.6) is 0 Å². The largest absolute Gasteiger partial charge is 0.337 e. The SMILES string of the molecule is Cc1ccc(-c2noc(CN(C(=O)c3cc([N+](=O)[O-])ccc3Cl)C(C)C)n2)cc1. The molecule has 0 atom stereocenters. The first-order valence-electron chi connectivity index (χ1n) is 8.91. The van der Waals surface area contributed by atoms with Gasteiger partial charge in [-0.25, -0.2) is 0 Å². The second kappa shape index (κ2) is 8.40. The normalized spacial score (nSPS) is 10.9. The van der Waals surface area contributed by atoms with Gasteiger partial charge in [0.1, 0.15) is 6.54 Å². The predicted molar refractivity (Wildman–Crippen MR) is 108 cm³/mol. The van der Waals surface area contributed by atoms with Crippen molar-refractivity contribution in [3.63, 3.8) is 0 Å². The lowest BCUT2D eigenvalue weighted by molar-refractivity contribution is -0.384. The van der Waals surface area contributed by atoms with E-state index in [1.807, 2.05) is 45.0 Å². The van der Waals surface area contributed by atoms with Crippen LogP contribution in [0.2, 0.25) is 5.02 Å². The number of carbonyl (C=O) groups excluding carboxylic acids is 1. The molecule has 0 radical (unpaired) electrons. The molecule has 9 heteroatoms. The van der Waals surface area contributed by atoms with Crippen LogP contribution in [0.15, 0.2) is 47.0 Å². The molecule has 0 N–H and O–H groups in total. The average molecular weight is 415 g/mol. The number of non-ortho nitro benzene ring substituents is 1. The molecular weight excluding hydrogens is 396 g/mol. The summed E-state index contributed by atoms with van der Waals surface area (Å²) in [6.07, 6.45) is 0. The summed E-state index contributed by atoms with van der Waals surface area (Å²) in [6.45, 7) is 5.67. The first kappa shape index (κ1) is 20.5. The Balaban J connectivity index is 1.86. The van der Waals surface area contributed by atoms with Crippen LogP contribution in [0.4, 0.5) is 5.69 Å². The highest BCUT2D eigenvalue weighted by Gasteiger charge is 2.25. The predicted octanol–water partition coefficient (Wildman–Crippen LogP) is 4.66. The number of nitrogens with zero attached hydrogens (tertiary/aromatic N) is 4. The van der Waals surface area contributed by atoms with Gasteiger partial charge in [-0.3, -0.25) is 14.9 Å². The number of aryl methyl sites for hydroxylation is 1. The van der Waals surface area contributed by atoms with Crippen molar-refractivity contribution in [2.24, 2.45) is 0 Å². The number of nitro benzene ring substituents is 1. The van der Waals surface area contributed by atoms with Gasteiger partial charge >= 0.3 is 0 Å². The molecule has 0 aliphatic heterocycles. The topological polar surface area (TPSA) is 102 Å². The van der Waals surface area contributed by atoms with E-state index in [9.17, 15) is 14.9 Å². The molecule has 1 amide bonds. The molecule has 0 aliphatic carbocycles. The van der Waals surface area contributed by atoms with Crippen molar-refractivity contribution in [1.29, 1.82) is 0 Å². The Morgan fingerprint density at radius 1 is 1.24 bits per heavy atom. The van der Waals surface area contributed by atoms with Gasteiger partial charge in [-0.2, -0.15) is 4.98 Å². The summed E-state index contributed by atoms with van der Waals surface area (Å²) in [4.78, 5) is 29.3. The zero-order chi connectivity index (χ0) is 21.1. The van der Waals surface area contributed by atoms with Gasteiger partial charge in [0.25, 0.3) is 11.6 Å². The molecule has 3 aromatic rings. The van der Waals surface area contributed by atoms with Gasteiger partial charge in [0.15, 0.2) is 0 Å². The number of amides is 1. The summed E-state index contributed by atoms with van der Waals surface area (Å²) in [5, 5.41) is 15.2. The van der Waals surface area contributed by atoms with Crippen molar-refractivity contribution in [2.75, 3.05) is 0 Å². The van der Waals surface area contributed by atoms with Crippen LogP contribution < -0.4 is 0 Å².